The van der Waals surface area contributed by atoms with Crippen LogP contribution in [-0.4, -0.2) is 31.1 Å². The molecule has 1 fully saturated rings. The first kappa shape index (κ1) is 18.2. The molecule has 2 aromatic rings. The molecule has 2 nitrogen and oxygen atoms in total. The molecule has 1 aliphatic heterocycles. The van der Waals surface area contributed by atoms with Crippen molar-refractivity contribution in [3.8, 4) is 0 Å². The van der Waals surface area contributed by atoms with Crippen LogP contribution in [0.5, 0.6) is 0 Å². The first-order chi connectivity index (χ1) is 11.9. The van der Waals surface area contributed by atoms with E-state index in [-0.39, 0.29) is 6.04 Å². The smallest absolute Gasteiger partial charge is 0.315 e. The Kier molecular flexibility index (Phi) is 5.67. The van der Waals surface area contributed by atoms with Gasteiger partial charge in [0.05, 0.1) is 11.6 Å². The summed E-state index contributed by atoms with van der Waals surface area (Å²) in [5.74, 6) is 0. The normalized spacial score (nSPS) is 17.9. The summed E-state index contributed by atoms with van der Waals surface area (Å²) in [6, 6.07) is 12.7. The SMILES string of the molecule is FC(F)(F)c1cccc(C(c2cccc(Cl)c2)N2CCCNCC2)c1. The Morgan fingerprint density at radius 1 is 0.960 bits per heavy atom. The van der Waals surface area contributed by atoms with Crippen molar-refractivity contribution in [3.05, 3.63) is 70.2 Å². The third-order valence-corrected chi connectivity index (χ3v) is 4.67. The van der Waals surface area contributed by atoms with Gasteiger partial charge in [0.15, 0.2) is 0 Å². The van der Waals surface area contributed by atoms with Crippen molar-refractivity contribution in [1.82, 2.24) is 10.2 Å². The quantitative estimate of drug-likeness (QED) is 0.841. The third kappa shape index (κ3) is 4.54. The summed E-state index contributed by atoms with van der Waals surface area (Å²) in [6.45, 7) is 3.32. The average molecular weight is 369 g/mol. The molecule has 1 saturated heterocycles. The highest BCUT2D eigenvalue weighted by molar-refractivity contribution is 6.30. The zero-order valence-electron chi connectivity index (χ0n) is 13.7. The van der Waals surface area contributed by atoms with Crippen molar-refractivity contribution in [2.45, 2.75) is 18.6 Å². The average Bonchev–Trinajstić information content (AvgIpc) is 2.84. The maximum Gasteiger partial charge on any atom is 0.416 e. The number of hydrogen-bond donors (Lipinski definition) is 1. The van der Waals surface area contributed by atoms with Gasteiger partial charge in [0, 0.05) is 24.7 Å². The van der Waals surface area contributed by atoms with E-state index in [1.54, 1.807) is 12.1 Å². The molecule has 0 saturated carbocycles. The summed E-state index contributed by atoms with van der Waals surface area (Å²) in [4.78, 5) is 2.22. The van der Waals surface area contributed by atoms with Crippen LogP contribution in [-0.2, 0) is 6.18 Å². The van der Waals surface area contributed by atoms with Crippen LogP contribution >= 0.6 is 11.6 Å². The van der Waals surface area contributed by atoms with Gasteiger partial charge in [0.25, 0.3) is 0 Å². The Labute approximate surface area is 150 Å². The lowest BCUT2D eigenvalue weighted by Gasteiger charge is -2.31. The van der Waals surface area contributed by atoms with Crippen LogP contribution in [0.2, 0.25) is 5.02 Å². The predicted molar refractivity (Wildman–Crippen MR) is 93.8 cm³/mol. The van der Waals surface area contributed by atoms with E-state index < -0.39 is 11.7 Å². The second-order valence-corrected chi connectivity index (χ2v) is 6.66. The van der Waals surface area contributed by atoms with Gasteiger partial charge < -0.3 is 5.32 Å². The van der Waals surface area contributed by atoms with E-state index in [9.17, 15) is 13.2 Å². The van der Waals surface area contributed by atoms with Crippen LogP contribution in [0.3, 0.4) is 0 Å². The van der Waals surface area contributed by atoms with E-state index in [1.807, 2.05) is 18.2 Å². The van der Waals surface area contributed by atoms with Gasteiger partial charge in [-0.1, -0.05) is 35.9 Å². The molecule has 0 radical (unpaired) electrons. The van der Waals surface area contributed by atoms with E-state index in [1.165, 1.54) is 12.1 Å². The molecule has 3 rings (SSSR count). The lowest BCUT2D eigenvalue weighted by Crippen LogP contribution is -2.33. The number of hydrogen-bond acceptors (Lipinski definition) is 2. The minimum atomic E-state index is -4.35. The van der Waals surface area contributed by atoms with Crippen molar-refractivity contribution >= 4 is 11.6 Å². The van der Waals surface area contributed by atoms with E-state index >= 15 is 0 Å². The standard InChI is InChI=1S/C19H20ClF3N2/c20-17-7-2-5-15(13-17)18(25-10-3-8-24-9-11-25)14-4-1-6-16(12-14)19(21,22)23/h1-2,4-7,12-13,18,24H,3,8-11H2. The lowest BCUT2D eigenvalue weighted by molar-refractivity contribution is -0.137. The second kappa shape index (κ2) is 7.77. The Morgan fingerprint density at radius 2 is 1.68 bits per heavy atom. The molecule has 1 aliphatic rings. The molecule has 134 valence electrons. The number of halogens is 4. The van der Waals surface area contributed by atoms with Crippen molar-refractivity contribution in [2.75, 3.05) is 26.2 Å². The van der Waals surface area contributed by atoms with Gasteiger partial charge in [-0.2, -0.15) is 13.2 Å². The van der Waals surface area contributed by atoms with Crippen LogP contribution in [0.1, 0.15) is 29.2 Å². The largest absolute Gasteiger partial charge is 0.416 e. The summed E-state index contributed by atoms with van der Waals surface area (Å²) in [7, 11) is 0. The first-order valence-electron chi connectivity index (χ1n) is 8.32. The van der Waals surface area contributed by atoms with Gasteiger partial charge in [-0.15, -0.1) is 0 Å². The van der Waals surface area contributed by atoms with Crippen molar-refractivity contribution in [3.63, 3.8) is 0 Å². The first-order valence-corrected chi connectivity index (χ1v) is 8.70. The zero-order chi connectivity index (χ0) is 17.9. The molecule has 0 spiro atoms. The molecule has 1 unspecified atom stereocenters. The molecule has 0 aromatic heterocycles. The van der Waals surface area contributed by atoms with Crippen LogP contribution in [0, 0.1) is 0 Å². The number of alkyl halides is 3. The topological polar surface area (TPSA) is 15.3 Å². The molecule has 0 bridgehead atoms. The fraction of sp³-hybridized carbons (Fsp3) is 0.368. The molecule has 1 atom stereocenters. The lowest BCUT2D eigenvalue weighted by atomic mass is 9.95. The number of nitrogens with one attached hydrogen (secondary N) is 1. The van der Waals surface area contributed by atoms with Gasteiger partial charge >= 0.3 is 6.18 Å². The summed E-state index contributed by atoms with van der Waals surface area (Å²) in [6.07, 6.45) is -3.40. The highest BCUT2D eigenvalue weighted by Gasteiger charge is 2.32. The summed E-state index contributed by atoms with van der Waals surface area (Å²) < 4.78 is 39.5. The van der Waals surface area contributed by atoms with E-state index in [0.29, 0.717) is 10.6 Å². The van der Waals surface area contributed by atoms with Crippen molar-refractivity contribution in [2.24, 2.45) is 0 Å². The molecule has 1 N–H and O–H groups in total. The maximum absolute atomic E-state index is 13.2. The maximum atomic E-state index is 13.2. The van der Waals surface area contributed by atoms with E-state index in [2.05, 4.69) is 10.2 Å². The minimum absolute atomic E-state index is 0.249. The van der Waals surface area contributed by atoms with Crippen LogP contribution in [0.15, 0.2) is 48.5 Å². The fourth-order valence-corrected chi connectivity index (χ4v) is 3.50. The third-order valence-electron chi connectivity index (χ3n) is 4.43. The summed E-state index contributed by atoms with van der Waals surface area (Å²) >= 11 is 6.14. The monoisotopic (exact) mass is 368 g/mol. The number of benzene rings is 2. The minimum Gasteiger partial charge on any atom is -0.315 e. The molecule has 25 heavy (non-hydrogen) atoms. The Hall–Kier alpha value is -1.56. The highest BCUT2D eigenvalue weighted by atomic mass is 35.5. The van der Waals surface area contributed by atoms with Crippen molar-refractivity contribution in [1.29, 1.82) is 0 Å². The fourth-order valence-electron chi connectivity index (χ4n) is 3.30. The van der Waals surface area contributed by atoms with Crippen molar-refractivity contribution < 1.29 is 13.2 Å². The molecular weight excluding hydrogens is 349 g/mol. The Balaban J connectivity index is 2.04. The van der Waals surface area contributed by atoms with Gasteiger partial charge in [-0.05, 0) is 48.4 Å². The van der Waals surface area contributed by atoms with Gasteiger partial charge in [-0.25, -0.2) is 0 Å². The molecule has 2 aromatic carbocycles. The molecule has 0 aliphatic carbocycles. The summed E-state index contributed by atoms with van der Waals surface area (Å²) in [5.41, 5.74) is 0.928. The van der Waals surface area contributed by atoms with E-state index in [0.717, 1.165) is 44.2 Å². The molecule has 6 heteroatoms. The molecule has 1 heterocycles. The van der Waals surface area contributed by atoms with Crippen LogP contribution < -0.4 is 5.32 Å². The highest BCUT2D eigenvalue weighted by Crippen LogP contribution is 2.35. The summed E-state index contributed by atoms with van der Waals surface area (Å²) in [5, 5.41) is 3.92. The van der Waals surface area contributed by atoms with Gasteiger partial charge in [0.2, 0.25) is 0 Å². The number of rotatable bonds is 3. The van der Waals surface area contributed by atoms with E-state index in [4.69, 9.17) is 11.6 Å². The van der Waals surface area contributed by atoms with Gasteiger partial charge in [-0.3, -0.25) is 4.90 Å². The zero-order valence-corrected chi connectivity index (χ0v) is 14.4. The van der Waals surface area contributed by atoms with Crippen LogP contribution in [0.4, 0.5) is 13.2 Å². The number of nitrogens with zero attached hydrogens (tertiary/aromatic N) is 1. The molecular formula is C19H20ClF3N2. The second-order valence-electron chi connectivity index (χ2n) is 6.22. The van der Waals surface area contributed by atoms with Gasteiger partial charge in [0.1, 0.15) is 0 Å². The Morgan fingerprint density at radius 3 is 2.40 bits per heavy atom. The van der Waals surface area contributed by atoms with Crippen LogP contribution in [0.25, 0.3) is 0 Å². The predicted octanol–water partition coefficient (Wildman–Crippen LogP) is 4.74. The Bertz CT molecular complexity index is 710. The molecule has 0 amide bonds.